The smallest absolute Gasteiger partial charge is 0.253 e. The Morgan fingerprint density at radius 3 is 2.27 bits per heavy atom. The summed E-state index contributed by atoms with van der Waals surface area (Å²) >= 11 is 0. The van der Waals surface area contributed by atoms with Gasteiger partial charge in [0.05, 0.1) is 7.11 Å². The SMILES string of the molecule is CCN(CC)C(=O)c1ccc(C(c2cccc(OC)c2)C2CCN(C)CC2)cc1.Cl. The molecule has 1 heterocycles. The number of nitrogens with zero attached hydrogens (tertiary/aromatic N) is 2. The Balaban J connectivity index is 0.00000320. The number of piperidine rings is 1. The third-order valence-electron chi connectivity index (χ3n) is 6.25. The maximum atomic E-state index is 12.7. The van der Waals surface area contributed by atoms with Crippen molar-refractivity contribution in [1.82, 2.24) is 9.80 Å². The lowest BCUT2D eigenvalue weighted by atomic mass is 9.76. The van der Waals surface area contributed by atoms with Gasteiger partial charge in [-0.1, -0.05) is 24.3 Å². The molecule has 0 radical (unpaired) electrons. The van der Waals surface area contributed by atoms with Crippen molar-refractivity contribution in [2.24, 2.45) is 5.92 Å². The minimum absolute atomic E-state index is 0. The zero-order chi connectivity index (χ0) is 20.8. The van der Waals surface area contributed by atoms with E-state index >= 15 is 0 Å². The van der Waals surface area contributed by atoms with E-state index in [1.165, 1.54) is 24.0 Å². The second-order valence-corrected chi connectivity index (χ2v) is 7.99. The number of hydrogen-bond acceptors (Lipinski definition) is 3. The summed E-state index contributed by atoms with van der Waals surface area (Å²) in [4.78, 5) is 17.0. The maximum Gasteiger partial charge on any atom is 0.253 e. The van der Waals surface area contributed by atoms with E-state index in [1.807, 2.05) is 36.9 Å². The van der Waals surface area contributed by atoms with Gasteiger partial charge in [-0.25, -0.2) is 0 Å². The molecule has 4 nitrogen and oxygen atoms in total. The van der Waals surface area contributed by atoms with E-state index in [2.05, 4.69) is 42.3 Å². The van der Waals surface area contributed by atoms with E-state index in [0.717, 1.165) is 37.5 Å². The van der Waals surface area contributed by atoms with Crippen LogP contribution in [0.3, 0.4) is 0 Å². The molecule has 0 bridgehead atoms. The van der Waals surface area contributed by atoms with Gasteiger partial charge in [0.1, 0.15) is 5.75 Å². The maximum absolute atomic E-state index is 12.7. The van der Waals surface area contributed by atoms with Crippen molar-refractivity contribution in [1.29, 1.82) is 0 Å². The Bertz CT molecular complexity index is 797. The molecule has 0 N–H and O–H groups in total. The molecular formula is C25H35ClN2O2. The number of likely N-dealkylation sites (tertiary alicyclic amines) is 1. The average molecular weight is 431 g/mol. The monoisotopic (exact) mass is 430 g/mol. The summed E-state index contributed by atoms with van der Waals surface area (Å²) in [6.07, 6.45) is 2.36. The van der Waals surface area contributed by atoms with Gasteiger partial charge in [-0.05, 0) is 88.1 Å². The van der Waals surface area contributed by atoms with Gasteiger partial charge < -0.3 is 14.5 Å². The third-order valence-corrected chi connectivity index (χ3v) is 6.25. The molecule has 0 spiro atoms. The molecule has 1 fully saturated rings. The van der Waals surface area contributed by atoms with Crippen LogP contribution in [0.25, 0.3) is 0 Å². The molecule has 1 saturated heterocycles. The fourth-order valence-electron chi connectivity index (χ4n) is 4.46. The first-order valence-electron chi connectivity index (χ1n) is 10.8. The third kappa shape index (κ3) is 5.55. The minimum Gasteiger partial charge on any atom is -0.497 e. The van der Waals surface area contributed by atoms with Crippen molar-refractivity contribution in [2.75, 3.05) is 40.3 Å². The molecule has 2 aromatic rings. The lowest BCUT2D eigenvalue weighted by molar-refractivity contribution is 0.0773. The first-order valence-corrected chi connectivity index (χ1v) is 10.8. The number of halogens is 1. The molecule has 2 aromatic carbocycles. The van der Waals surface area contributed by atoms with Gasteiger partial charge in [0.15, 0.2) is 0 Å². The van der Waals surface area contributed by atoms with Crippen LogP contribution < -0.4 is 4.74 Å². The van der Waals surface area contributed by atoms with Gasteiger partial charge in [0, 0.05) is 24.6 Å². The topological polar surface area (TPSA) is 32.8 Å². The molecule has 1 aliphatic rings. The molecule has 1 unspecified atom stereocenters. The molecule has 1 aliphatic heterocycles. The number of rotatable bonds is 7. The quantitative estimate of drug-likeness (QED) is 0.614. The molecule has 3 rings (SSSR count). The number of methoxy groups -OCH3 is 1. The van der Waals surface area contributed by atoms with Crippen molar-refractivity contribution in [3.8, 4) is 5.75 Å². The summed E-state index contributed by atoms with van der Waals surface area (Å²) in [5.74, 6) is 1.91. The molecule has 5 heteroatoms. The predicted molar refractivity (Wildman–Crippen MR) is 126 cm³/mol. The minimum atomic E-state index is 0. The summed E-state index contributed by atoms with van der Waals surface area (Å²) in [5, 5.41) is 0. The number of amides is 1. The highest BCUT2D eigenvalue weighted by atomic mass is 35.5. The van der Waals surface area contributed by atoms with Crippen molar-refractivity contribution in [3.63, 3.8) is 0 Å². The lowest BCUT2D eigenvalue weighted by Gasteiger charge is -2.35. The van der Waals surface area contributed by atoms with Crippen LogP contribution in [-0.4, -0.2) is 56.0 Å². The predicted octanol–water partition coefficient (Wildman–Crippen LogP) is 5.07. The van der Waals surface area contributed by atoms with E-state index < -0.39 is 0 Å². The van der Waals surface area contributed by atoms with Gasteiger partial charge >= 0.3 is 0 Å². The highest BCUT2D eigenvalue weighted by Gasteiger charge is 2.28. The average Bonchev–Trinajstić information content (AvgIpc) is 2.76. The van der Waals surface area contributed by atoms with Gasteiger partial charge in [-0.15, -0.1) is 12.4 Å². The fraction of sp³-hybridized carbons (Fsp3) is 0.480. The van der Waals surface area contributed by atoms with Crippen LogP contribution in [-0.2, 0) is 0 Å². The first kappa shape index (κ1) is 24.2. The highest BCUT2D eigenvalue weighted by molar-refractivity contribution is 5.94. The van der Waals surface area contributed by atoms with Crippen molar-refractivity contribution in [3.05, 3.63) is 65.2 Å². The number of benzene rings is 2. The number of carbonyl (C=O) groups excluding carboxylic acids is 1. The second-order valence-electron chi connectivity index (χ2n) is 7.99. The Kier molecular flexibility index (Phi) is 9.19. The number of hydrogen-bond donors (Lipinski definition) is 0. The second kappa shape index (κ2) is 11.4. The van der Waals surface area contributed by atoms with Crippen molar-refractivity contribution >= 4 is 18.3 Å². The van der Waals surface area contributed by atoms with Crippen LogP contribution in [0, 0.1) is 5.92 Å². The largest absolute Gasteiger partial charge is 0.497 e. The van der Waals surface area contributed by atoms with E-state index in [4.69, 9.17) is 4.74 Å². The van der Waals surface area contributed by atoms with Gasteiger partial charge in [0.2, 0.25) is 0 Å². The van der Waals surface area contributed by atoms with E-state index in [0.29, 0.717) is 11.8 Å². The standard InChI is InChI=1S/C25H34N2O2.ClH/c1-5-27(6-2)25(28)21-12-10-19(11-13-21)24(20-14-16-26(3)17-15-20)22-8-7-9-23(18-22)29-4;/h7-13,18,20,24H,5-6,14-17H2,1-4H3;1H. The highest BCUT2D eigenvalue weighted by Crippen LogP contribution is 2.39. The summed E-state index contributed by atoms with van der Waals surface area (Å²) < 4.78 is 5.49. The van der Waals surface area contributed by atoms with E-state index in [9.17, 15) is 4.79 Å². The Morgan fingerprint density at radius 2 is 1.70 bits per heavy atom. The zero-order valence-electron chi connectivity index (χ0n) is 18.6. The fourth-order valence-corrected chi connectivity index (χ4v) is 4.46. The van der Waals surface area contributed by atoms with Gasteiger partial charge in [-0.2, -0.15) is 0 Å². The molecule has 30 heavy (non-hydrogen) atoms. The normalized spacial score (nSPS) is 15.9. The van der Waals surface area contributed by atoms with Gasteiger partial charge in [-0.3, -0.25) is 4.79 Å². The van der Waals surface area contributed by atoms with Crippen LogP contribution >= 0.6 is 12.4 Å². The Morgan fingerprint density at radius 1 is 1.07 bits per heavy atom. The summed E-state index contributed by atoms with van der Waals surface area (Å²) in [6, 6.07) is 16.8. The van der Waals surface area contributed by atoms with Crippen LogP contribution in [0.4, 0.5) is 0 Å². The first-order chi connectivity index (χ1) is 14.1. The Labute approximate surface area is 187 Å². The van der Waals surface area contributed by atoms with E-state index in [-0.39, 0.29) is 18.3 Å². The number of ether oxygens (including phenoxy) is 1. The lowest BCUT2D eigenvalue weighted by Crippen LogP contribution is -2.33. The molecule has 0 aromatic heterocycles. The molecule has 1 amide bonds. The molecular weight excluding hydrogens is 396 g/mol. The summed E-state index contributed by atoms with van der Waals surface area (Å²) in [6.45, 7) is 7.77. The molecule has 164 valence electrons. The molecule has 1 atom stereocenters. The summed E-state index contributed by atoms with van der Waals surface area (Å²) in [5.41, 5.74) is 3.34. The van der Waals surface area contributed by atoms with Crippen LogP contribution in [0.1, 0.15) is 54.1 Å². The zero-order valence-corrected chi connectivity index (χ0v) is 19.5. The van der Waals surface area contributed by atoms with Crippen molar-refractivity contribution < 1.29 is 9.53 Å². The van der Waals surface area contributed by atoms with Crippen LogP contribution in [0.15, 0.2) is 48.5 Å². The number of carbonyl (C=O) groups is 1. The molecule has 0 saturated carbocycles. The van der Waals surface area contributed by atoms with E-state index in [1.54, 1.807) is 7.11 Å². The van der Waals surface area contributed by atoms with Gasteiger partial charge in [0.25, 0.3) is 5.91 Å². The van der Waals surface area contributed by atoms with Crippen LogP contribution in [0.2, 0.25) is 0 Å². The van der Waals surface area contributed by atoms with Crippen molar-refractivity contribution in [2.45, 2.75) is 32.6 Å². The summed E-state index contributed by atoms with van der Waals surface area (Å²) in [7, 11) is 3.92. The Hall–Kier alpha value is -2.04. The van der Waals surface area contributed by atoms with Crippen LogP contribution in [0.5, 0.6) is 5.75 Å². The molecule has 0 aliphatic carbocycles.